The van der Waals surface area contributed by atoms with E-state index in [9.17, 15) is 4.79 Å². The fourth-order valence-corrected chi connectivity index (χ4v) is 1.87. The van der Waals surface area contributed by atoms with Crippen LogP contribution in [0.25, 0.3) is 0 Å². The quantitative estimate of drug-likeness (QED) is 0.881. The van der Waals surface area contributed by atoms with E-state index in [2.05, 4.69) is 21.2 Å². The molecule has 0 bridgehead atoms. The fraction of sp³-hybridized carbons (Fsp3) is 0.364. The topological polar surface area (TPSA) is 29.1 Å². The van der Waals surface area contributed by atoms with Crippen molar-refractivity contribution < 1.29 is 4.79 Å². The van der Waals surface area contributed by atoms with Gasteiger partial charge in [-0.25, -0.2) is 0 Å². The Hall–Kier alpha value is -0.830. The summed E-state index contributed by atoms with van der Waals surface area (Å²) in [6, 6.07) is 5.87. The molecule has 0 aliphatic carbocycles. The molecule has 0 atom stereocenters. The van der Waals surface area contributed by atoms with E-state index in [1.807, 2.05) is 32.0 Å². The first kappa shape index (κ1) is 11.2. The van der Waals surface area contributed by atoms with Crippen LogP contribution in [-0.4, -0.2) is 5.91 Å². The molecular formula is C11H14BrNO. The Morgan fingerprint density at radius 1 is 1.43 bits per heavy atom. The summed E-state index contributed by atoms with van der Waals surface area (Å²) in [5.74, 6) is 0.0741. The second-order valence-electron chi connectivity index (χ2n) is 3.32. The van der Waals surface area contributed by atoms with Gasteiger partial charge in [0, 0.05) is 16.6 Å². The van der Waals surface area contributed by atoms with Gasteiger partial charge in [0.05, 0.1) is 0 Å². The Balaban J connectivity index is 2.71. The van der Waals surface area contributed by atoms with Crippen LogP contribution in [0.2, 0.25) is 0 Å². The van der Waals surface area contributed by atoms with Crippen molar-refractivity contribution in [2.45, 2.75) is 26.7 Å². The minimum Gasteiger partial charge on any atom is -0.326 e. The molecule has 1 aromatic carbocycles. The molecule has 0 saturated carbocycles. The van der Waals surface area contributed by atoms with Gasteiger partial charge in [0.15, 0.2) is 0 Å². The van der Waals surface area contributed by atoms with Crippen molar-refractivity contribution in [3.8, 4) is 0 Å². The summed E-state index contributed by atoms with van der Waals surface area (Å²) in [5.41, 5.74) is 1.99. The number of carbonyl (C=O) groups excluding carboxylic acids is 1. The zero-order valence-corrected chi connectivity index (χ0v) is 10.0. The highest BCUT2D eigenvalue weighted by atomic mass is 79.9. The molecule has 0 radical (unpaired) electrons. The Labute approximate surface area is 92.8 Å². The number of nitrogens with one attached hydrogen (secondary N) is 1. The van der Waals surface area contributed by atoms with Crippen LogP contribution in [0.5, 0.6) is 0 Å². The molecule has 76 valence electrons. The first-order chi connectivity index (χ1) is 6.61. The van der Waals surface area contributed by atoms with Crippen molar-refractivity contribution in [3.63, 3.8) is 0 Å². The molecule has 2 nitrogen and oxygen atoms in total. The van der Waals surface area contributed by atoms with E-state index < -0.39 is 0 Å². The second-order valence-corrected chi connectivity index (χ2v) is 4.23. The molecule has 1 rings (SSSR count). The highest BCUT2D eigenvalue weighted by Crippen LogP contribution is 2.19. The summed E-state index contributed by atoms with van der Waals surface area (Å²) < 4.78 is 0.990. The highest BCUT2D eigenvalue weighted by Gasteiger charge is 2.01. The Bertz CT molecular complexity index is 316. The third kappa shape index (κ3) is 3.50. The number of benzene rings is 1. The van der Waals surface area contributed by atoms with E-state index in [0.717, 1.165) is 22.1 Å². The number of anilines is 1. The lowest BCUT2D eigenvalue weighted by molar-refractivity contribution is -0.116. The lowest BCUT2D eigenvalue weighted by Crippen LogP contribution is -2.10. The highest BCUT2D eigenvalue weighted by molar-refractivity contribution is 9.10. The van der Waals surface area contributed by atoms with Gasteiger partial charge in [-0.1, -0.05) is 22.9 Å². The molecule has 0 heterocycles. The normalized spacial score (nSPS) is 9.93. The van der Waals surface area contributed by atoms with Crippen LogP contribution >= 0.6 is 15.9 Å². The summed E-state index contributed by atoms with van der Waals surface area (Å²) in [5, 5.41) is 2.86. The van der Waals surface area contributed by atoms with Crippen molar-refractivity contribution in [1.29, 1.82) is 0 Å². The van der Waals surface area contributed by atoms with Gasteiger partial charge in [-0.2, -0.15) is 0 Å². The second kappa shape index (κ2) is 5.15. The number of halogens is 1. The zero-order chi connectivity index (χ0) is 10.6. The lowest BCUT2D eigenvalue weighted by Gasteiger charge is -2.05. The van der Waals surface area contributed by atoms with E-state index in [1.165, 1.54) is 0 Å². The molecule has 0 aliphatic rings. The molecular weight excluding hydrogens is 242 g/mol. The smallest absolute Gasteiger partial charge is 0.224 e. The Morgan fingerprint density at radius 3 is 2.71 bits per heavy atom. The van der Waals surface area contributed by atoms with Gasteiger partial charge in [0.25, 0.3) is 0 Å². The molecule has 0 saturated heterocycles. The van der Waals surface area contributed by atoms with Crippen LogP contribution in [0, 0.1) is 6.92 Å². The van der Waals surface area contributed by atoms with Gasteiger partial charge in [-0.15, -0.1) is 0 Å². The number of rotatable bonds is 3. The standard InChI is InChI=1S/C11H14BrNO/c1-3-4-11(14)13-10-6-8(2)5-9(12)7-10/h5-7H,3-4H2,1-2H3,(H,13,14). The molecule has 1 aromatic rings. The predicted molar refractivity (Wildman–Crippen MR) is 62.4 cm³/mol. The average molecular weight is 256 g/mol. The fourth-order valence-electron chi connectivity index (χ4n) is 1.26. The number of aryl methyl sites for hydroxylation is 1. The summed E-state index contributed by atoms with van der Waals surface area (Å²) >= 11 is 3.39. The van der Waals surface area contributed by atoms with E-state index >= 15 is 0 Å². The monoisotopic (exact) mass is 255 g/mol. The minimum atomic E-state index is 0.0741. The molecule has 0 aromatic heterocycles. The third-order valence-corrected chi connectivity index (χ3v) is 2.26. The first-order valence-electron chi connectivity index (χ1n) is 4.69. The van der Waals surface area contributed by atoms with Gasteiger partial charge in [-0.3, -0.25) is 4.79 Å². The van der Waals surface area contributed by atoms with E-state index in [1.54, 1.807) is 0 Å². The number of hydrogen-bond acceptors (Lipinski definition) is 1. The third-order valence-electron chi connectivity index (χ3n) is 1.80. The first-order valence-corrected chi connectivity index (χ1v) is 5.48. The average Bonchev–Trinajstić information content (AvgIpc) is 2.01. The van der Waals surface area contributed by atoms with Crippen LogP contribution in [-0.2, 0) is 4.79 Å². The maximum Gasteiger partial charge on any atom is 0.224 e. The van der Waals surface area contributed by atoms with E-state index in [0.29, 0.717) is 6.42 Å². The van der Waals surface area contributed by atoms with Crippen molar-refractivity contribution in [1.82, 2.24) is 0 Å². The molecule has 0 unspecified atom stereocenters. The maximum absolute atomic E-state index is 11.3. The van der Waals surface area contributed by atoms with E-state index in [-0.39, 0.29) is 5.91 Å². The van der Waals surface area contributed by atoms with Gasteiger partial charge < -0.3 is 5.32 Å². The van der Waals surface area contributed by atoms with Crippen LogP contribution in [0.1, 0.15) is 25.3 Å². The number of hydrogen-bond donors (Lipinski definition) is 1. The van der Waals surface area contributed by atoms with Crippen LogP contribution in [0.4, 0.5) is 5.69 Å². The van der Waals surface area contributed by atoms with Crippen molar-refractivity contribution in [2.75, 3.05) is 5.32 Å². The van der Waals surface area contributed by atoms with Crippen LogP contribution < -0.4 is 5.32 Å². The predicted octanol–water partition coefficient (Wildman–Crippen LogP) is 3.50. The maximum atomic E-state index is 11.3. The summed E-state index contributed by atoms with van der Waals surface area (Å²) in [7, 11) is 0. The Morgan fingerprint density at radius 2 is 2.14 bits per heavy atom. The number of carbonyl (C=O) groups is 1. The molecule has 0 spiro atoms. The zero-order valence-electron chi connectivity index (χ0n) is 8.43. The van der Waals surface area contributed by atoms with Crippen molar-refractivity contribution >= 4 is 27.5 Å². The van der Waals surface area contributed by atoms with Gasteiger partial charge in [-0.05, 0) is 37.1 Å². The van der Waals surface area contributed by atoms with Crippen molar-refractivity contribution in [3.05, 3.63) is 28.2 Å². The van der Waals surface area contributed by atoms with Gasteiger partial charge >= 0.3 is 0 Å². The lowest BCUT2D eigenvalue weighted by atomic mass is 10.2. The summed E-state index contributed by atoms with van der Waals surface area (Å²) in [6.45, 7) is 3.99. The SMILES string of the molecule is CCCC(=O)Nc1cc(C)cc(Br)c1. The largest absolute Gasteiger partial charge is 0.326 e. The molecule has 1 amide bonds. The molecule has 3 heteroatoms. The molecule has 0 aliphatic heterocycles. The summed E-state index contributed by atoms with van der Waals surface area (Å²) in [4.78, 5) is 11.3. The molecule has 14 heavy (non-hydrogen) atoms. The molecule has 1 N–H and O–H groups in total. The van der Waals surface area contributed by atoms with E-state index in [4.69, 9.17) is 0 Å². The Kier molecular flexibility index (Phi) is 4.14. The minimum absolute atomic E-state index is 0.0741. The molecule has 0 fully saturated rings. The van der Waals surface area contributed by atoms with Crippen LogP contribution in [0.3, 0.4) is 0 Å². The number of amides is 1. The summed E-state index contributed by atoms with van der Waals surface area (Å²) in [6.07, 6.45) is 1.45. The van der Waals surface area contributed by atoms with Gasteiger partial charge in [0.1, 0.15) is 0 Å². The van der Waals surface area contributed by atoms with Gasteiger partial charge in [0.2, 0.25) is 5.91 Å². The van der Waals surface area contributed by atoms with Crippen LogP contribution in [0.15, 0.2) is 22.7 Å². The van der Waals surface area contributed by atoms with Crippen molar-refractivity contribution in [2.24, 2.45) is 0 Å².